The standard InChI is InChI=1S/C13H18N2OS/c1-2-16-9-8-14-13-15-12(10-17-13)11-6-4-3-5-7-11/h3-7,12H,2,8-10H2,1H3,(H,14,15). The zero-order valence-electron chi connectivity index (χ0n) is 10.1. The number of benzene rings is 1. The first kappa shape index (κ1) is 12.5. The minimum absolute atomic E-state index is 0.395. The first-order chi connectivity index (χ1) is 8.40. The predicted molar refractivity (Wildman–Crippen MR) is 73.6 cm³/mol. The van der Waals surface area contributed by atoms with E-state index in [0.717, 1.165) is 24.1 Å². The van der Waals surface area contributed by atoms with E-state index in [1.807, 2.05) is 13.0 Å². The topological polar surface area (TPSA) is 33.6 Å². The molecule has 1 saturated heterocycles. The quantitative estimate of drug-likeness (QED) is 0.815. The number of rotatable bonds is 5. The molecule has 1 atom stereocenters. The number of nitrogens with zero attached hydrogens (tertiary/aromatic N) is 1. The molecular weight excluding hydrogens is 232 g/mol. The maximum atomic E-state index is 5.26. The lowest BCUT2D eigenvalue weighted by molar-refractivity contribution is 0.156. The first-order valence-corrected chi connectivity index (χ1v) is 6.95. The lowest BCUT2D eigenvalue weighted by Crippen LogP contribution is -2.19. The Kier molecular flexibility index (Phi) is 4.88. The van der Waals surface area contributed by atoms with E-state index in [1.54, 1.807) is 11.8 Å². The molecule has 0 bridgehead atoms. The molecule has 0 radical (unpaired) electrons. The Labute approximate surface area is 107 Å². The van der Waals surface area contributed by atoms with Gasteiger partial charge in [0.05, 0.1) is 19.2 Å². The molecule has 1 N–H and O–H groups in total. The van der Waals surface area contributed by atoms with E-state index in [9.17, 15) is 0 Å². The van der Waals surface area contributed by atoms with Crippen molar-refractivity contribution in [3.63, 3.8) is 0 Å². The summed E-state index contributed by atoms with van der Waals surface area (Å²) in [4.78, 5) is 4.48. The van der Waals surface area contributed by atoms with Crippen molar-refractivity contribution in [1.29, 1.82) is 0 Å². The van der Waals surface area contributed by atoms with Crippen LogP contribution in [0.3, 0.4) is 0 Å². The van der Waals surface area contributed by atoms with Crippen molar-refractivity contribution in [2.75, 3.05) is 25.5 Å². The van der Waals surface area contributed by atoms with Crippen molar-refractivity contribution in [1.82, 2.24) is 5.32 Å². The second-order valence-corrected chi connectivity index (χ2v) is 4.81. The molecule has 1 aromatic rings. The Morgan fingerprint density at radius 2 is 2.24 bits per heavy atom. The fraction of sp³-hybridized carbons (Fsp3) is 0.462. The molecule has 1 fully saturated rings. The highest BCUT2D eigenvalue weighted by Crippen LogP contribution is 2.25. The van der Waals surface area contributed by atoms with Crippen LogP contribution in [0, 0.1) is 0 Å². The Balaban J connectivity index is 1.83. The highest BCUT2D eigenvalue weighted by Gasteiger charge is 2.20. The van der Waals surface area contributed by atoms with Crippen molar-refractivity contribution in [3.8, 4) is 0 Å². The minimum Gasteiger partial charge on any atom is -0.380 e. The van der Waals surface area contributed by atoms with Gasteiger partial charge in [-0.3, -0.25) is 4.99 Å². The van der Waals surface area contributed by atoms with Gasteiger partial charge in [0.2, 0.25) is 0 Å². The zero-order chi connectivity index (χ0) is 11.9. The van der Waals surface area contributed by atoms with Gasteiger partial charge in [-0.1, -0.05) is 42.1 Å². The van der Waals surface area contributed by atoms with Gasteiger partial charge in [-0.15, -0.1) is 0 Å². The second-order valence-electron chi connectivity index (χ2n) is 3.80. The molecule has 2 rings (SSSR count). The third-order valence-corrected chi connectivity index (χ3v) is 3.60. The number of thioether (sulfide) groups is 1. The Bertz CT molecular complexity index is 367. The van der Waals surface area contributed by atoms with Crippen LogP contribution >= 0.6 is 11.8 Å². The van der Waals surface area contributed by atoms with Gasteiger partial charge in [-0.25, -0.2) is 0 Å². The van der Waals surface area contributed by atoms with Crippen LogP contribution in [0.4, 0.5) is 0 Å². The summed E-state index contributed by atoms with van der Waals surface area (Å²) in [7, 11) is 0. The minimum atomic E-state index is 0.395. The van der Waals surface area contributed by atoms with Gasteiger partial charge in [0.25, 0.3) is 0 Å². The van der Waals surface area contributed by atoms with Gasteiger partial charge in [0.15, 0.2) is 5.17 Å². The summed E-state index contributed by atoms with van der Waals surface area (Å²) in [5.41, 5.74) is 1.33. The number of aliphatic imine (C=N–C) groups is 1. The summed E-state index contributed by atoms with van der Waals surface area (Å²) in [6.45, 7) is 4.21. The van der Waals surface area contributed by atoms with Crippen LogP contribution in [0.25, 0.3) is 0 Å². The van der Waals surface area contributed by atoms with Crippen LogP contribution in [-0.2, 0) is 4.74 Å². The van der Waals surface area contributed by atoms with Gasteiger partial charge in [-0.2, -0.15) is 0 Å². The number of nitrogens with one attached hydrogen (secondary N) is 1. The molecule has 92 valence electrons. The molecule has 1 aromatic carbocycles. The molecule has 3 nitrogen and oxygen atoms in total. The van der Waals surface area contributed by atoms with Crippen molar-refractivity contribution in [2.45, 2.75) is 13.0 Å². The lowest BCUT2D eigenvalue weighted by atomic mass is 10.1. The zero-order valence-corrected chi connectivity index (χ0v) is 10.9. The van der Waals surface area contributed by atoms with E-state index < -0.39 is 0 Å². The third kappa shape index (κ3) is 3.75. The maximum Gasteiger partial charge on any atom is 0.157 e. The van der Waals surface area contributed by atoms with E-state index in [4.69, 9.17) is 4.74 Å². The summed E-state index contributed by atoms with van der Waals surface area (Å²) in [6, 6.07) is 10.9. The van der Waals surface area contributed by atoms with Gasteiger partial charge in [-0.05, 0) is 12.5 Å². The van der Waals surface area contributed by atoms with E-state index in [1.165, 1.54) is 5.56 Å². The Morgan fingerprint density at radius 1 is 1.41 bits per heavy atom. The van der Waals surface area contributed by atoms with Crippen LogP contribution in [0.15, 0.2) is 35.3 Å². The normalized spacial score (nSPS) is 21.7. The average Bonchev–Trinajstić information content (AvgIpc) is 2.85. The first-order valence-electron chi connectivity index (χ1n) is 5.96. The van der Waals surface area contributed by atoms with Crippen molar-refractivity contribution >= 4 is 16.9 Å². The van der Waals surface area contributed by atoms with Crippen LogP contribution in [0.1, 0.15) is 18.5 Å². The molecule has 1 unspecified atom stereocenters. The van der Waals surface area contributed by atoms with Gasteiger partial charge in [0, 0.05) is 12.4 Å². The molecule has 4 heteroatoms. The largest absolute Gasteiger partial charge is 0.380 e. The number of ether oxygens (including phenoxy) is 1. The Hall–Kier alpha value is -1.00. The molecule has 0 aromatic heterocycles. The average molecular weight is 250 g/mol. The van der Waals surface area contributed by atoms with Crippen LogP contribution in [0.5, 0.6) is 0 Å². The molecular formula is C13H18N2OS. The second kappa shape index (κ2) is 6.67. The van der Waals surface area contributed by atoms with E-state index in [0.29, 0.717) is 12.6 Å². The van der Waals surface area contributed by atoms with Gasteiger partial charge < -0.3 is 10.1 Å². The summed E-state index contributed by atoms with van der Waals surface area (Å²) >= 11 is 1.79. The predicted octanol–water partition coefficient (Wildman–Crippen LogP) is 2.46. The van der Waals surface area contributed by atoms with Gasteiger partial charge in [0.1, 0.15) is 0 Å². The lowest BCUT2D eigenvalue weighted by Gasteiger charge is -2.09. The summed E-state index contributed by atoms with van der Waals surface area (Å²) in [5.74, 6) is 1.05. The number of hydrogen-bond donors (Lipinski definition) is 1. The van der Waals surface area contributed by atoms with E-state index >= 15 is 0 Å². The van der Waals surface area contributed by atoms with Crippen LogP contribution in [0.2, 0.25) is 0 Å². The monoisotopic (exact) mass is 250 g/mol. The Morgan fingerprint density at radius 3 is 3.00 bits per heavy atom. The fourth-order valence-electron chi connectivity index (χ4n) is 1.71. The maximum absolute atomic E-state index is 5.26. The summed E-state index contributed by atoms with van der Waals surface area (Å²) in [6.07, 6.45) is 0. The summed E-state index contributed by atoms with van der Waals surface area (Å²) in [5, 5.41) is 4.48. The highest BCUT2D eigenvalue weighted by atomic mass is 32.2. The van der Waals surface area contributed by atoms with E-state index in [2.05, 4.69) is 34.6 Å². The van der Waals surface area contributed by atoms with E-state index in [-0.39, 0.29) is 0 Å². The molecule has 0 saturated carbocycles. The van der Waals surface area contributed by atoms with Crippen molar-refractivity contribution in [3.05, 3.63) is 35.9 Å². The fourth-order valence-corrected chi connectivity index (χ4v) is 2.72. The van der Waals surface area contributed by atoms with Gasteiger partial charge >= 0.3 is 0 Å². The molecule has 17 heavy (non-hydrogen) atoms. The number of amidine groups is 1. The molecule has 1 aliphatic heterocycles. The van der Waals surface area contributed by atoms with Crippen LogP contribution in [-0.4, -0.2) is 30.7 Å². The van der Waals surface area contributed by atoms with Crippen molar-refractivity contribution in [2.24, 2.45) is 4.99 Å². The van der Waals surface area contributed by atoms with Crippen molar-refractivity contribution < 1.29 is 4.74 Å². The highest BCUT2D eigenvalue weighted by molar-refractivity contribution is 8.14. The molecule has 1 aliphatic rings. The molecule has 1 heterocycles. The summed E-state index contributed by atoms with van der Waals surface area (Å²) < 4.78 is 5.26. The smallest absolute Gasteiger partial charge is 0.157 e. The molecule has 0 aliphatic carbocycles. The number of hydrogen-bond acceptors (Lipinski definition) is 3. The third-order valence-electron chi connectivity index (χ3n) is 2.58. The molecule has 0 spiro atoms. The molecule has 0 amide bonds. The SMILES string of the molecule is CCOCCN=C1NC(c2ccccc2)CS1. The van der Waals surface area contributed by atoms with Crippen LogP contribution < -0.4 is 5.32 Å².